The van der Waals surface area contributed by atoms with Crippen LogP contribution in [0.4, 0.5) is 0 Å². The van der Waals surface area contributed by atoms with E-state index in [-0.39, 0.29) is 11.9 Å². The molecule has 0 bridgehead atoms. The molecule has 15 heavy (non-hydrogen) atoms. The first-order chi connectivity index (χ1) is 7.15. The van der Waals surface area contributed by atoms with Crippen molar-refractivity contribution in [2.75, 3.05) is 0 Å². The molecule has 0 spiro atoms. The van der Waals surface area contributed by atoms with Gasteiger partial charge in [-0.05, 0) is 13.3 Å². The van der Waals surface area contributed by atoms with Crippen LogP contribution in [0.5, 0.6) is 0 Å². The van der Waals surface area contributed by atoms with Gasteiger partial charge in [0.1, 0.15) is 6.61 Å². The van der Waals surface area contributed by atoms with Gasteiger partial charge in [0, 0.05) is 11.5 Å². The van der Waals surface area contributed by atoms with Crippen LogP contribution in [0.2, 0.25) is 0 Å². The molecule has 80 valence electrons. The number of ether oxygens (including phenoxy) is 1. The molecule has 1 atom stereocenters. The highest BCUT2D eigenvalue weighted by Crippen LogP contribution is 2.29. The van der Waals surface area contributed by atoms with Gasteiger partial charge in [0.25, 0.3) is 0 Å². The highest BCUT2D eigenvalue weighted by Gasteiger charge is 2.29. The third-order valence-corrected chi connectivity index (χ3v) is 2.93. The minimum absolute atomic E-state index is 0.248. The van der Waals surface area contributed by atoms with Crippen molar-refractivity contribution in [1.29, 1.82) is 0 Å². The molecule has 0 aliphatic carbocycles. The third-order valence-electron chi connectivity index (χ3n) is 2.93. The predicted octanol–water partition coefficient (Wildman–Crippen LogP) is 1.97. The Morgan fingerprint density at radius 3 is 2.87 bits per heavy atom. The molecule has 0 saturated carbocycles. The number of carbonyl (C=O) groups is 1. The average Bonchev–Trinajstić information content (AvgIpc) is 2.62. The van der Waals surface area contributed by atoms with Crippen molar-refractivity contribution < 1.29 is 9.53 Å². The van der Waals surface area contributed by atoms with E-state index in [0.29, 0.717) is 12.2 Å². The fourth-order valence-electron chi connectivity index (χ4n) is 1.73. The van der Waals surface area contributed by atoms with Crippen LogP contribution in [0, 0.1) is 6.92 Å². The summed E-state index contributed by atoms with van der Waals surface area (Å²) >= 11 is 0. The van der Waals surface area contributed by atoms with E-state index in [0.717, 1.165) is 23.4 Å². The number of cyclic esters (lactones) is 1. The first kappa shape index (κ1) is 10.1. The molecule has 0 N–H and O–H groups in total. The minimum Gasteiger partial charge on any atom is -0.457 e. The van der Waals surface area contributed by atoms with Gasteiger partial charge in [-0.25, -0.2) is 4.79 Å². The second-order valence-electron chi connectivity index (χ2n) is 3.91. The van der Waals surface area contributed by atoms with Gasteiger partial charge in [0.05, 0.1) is 17.0 Å². The Balaban J connectivity index is 2.59. The topological polar surface area (TPSA) is 52.1 Å². The molecule has 1 aromatic rings. The third kappa shape index (κ3) is 1.50. The molecule has 1 aliphatic heterocycles. The second-order valence-corrected chi connectivity index (χ2v) is 3.91. The molecule has 4 nitrogen and oxygen atoms in total. The van der Waals surface area contributed by atoms with Gasteiger partial charge in [0.2, 0.25) is 0 Å². The summed E-state index contributed by atoms with van der Waals surface area (Å²) in [6.45, 7) is 6.32. The lowest BCUT2D eigenvalue weighted by atomic mass is 9.97. The maximum atomic E-state index is 11.6. The molecule has 2 rings (SSSR count). The van der Waals surface area contributed by atoms with E-state index in [2.05, 4.69) is 17.1 Å². The van der Waals surface area contributed by atoms with Crippen molar-refractivity contribution in [3.63, 3.8) is 0 Å². The molecule has 0 saturated heterocycles. The van der Waals surface area contributed by atoms with Crippen molar-refractivity contribution in [1.82, 2.24) is 10.2 Å². The van der Waals surface area contributed by atoms with E-state index in [1.54, 1.807) is 0 Å². The summed E-state index contributed by atoms with van der Waals surface area (Å²) in [6, 6.07) is 0. The number of hydrogen-bond acceptors (Lipinski definition) is 4. The summed E-state index contributed by atoms with van der Waals surface area (Å²) < 4.78 is 5.02. The Labute approximate surface area is 88.7 Å². The van der Waals surface area contributed by atoms with Crippen LogP contribution < -0.4 is 0 Å². The fourth-order valence-corrected chi connectivity index (χ4v) is 1.73. The van der Waals surface area contributed by atoms with Gasteiger partial charge in [-0.3, -0.25) is 0 Å². The normalized spacial score (nSPS) is 16.1. The number of rotatable bonds is 2. The fraction of sp³-hybridized carbons (Fsp3) is 0.545. The minimum atomic E-state index is -0.252. The van der Waals surface area contributed by atoms with Gasteiger partial charge < -0.3 is 4.74 Å². The van der Waals surface area contributed by atoms with Crippen molar-refractivity contribution >= 4 is 5.97 Å². The van der Waals surface area contributed by atoms with Crippen LogP contribution in [0.15, 0.2) is 0 Å². The summed E-state index contributed by atoms with van der Waals surface area (Å²) in [6.07, 6.45) is 0.942. The van der Waals surface area contributed by atoms with Gasteiger partial charge in [-0.15, -0.1) is 0 Å². The monoisotopic (exact) mass is 206 g/mol. The van der Waals surface area contributed by atoms with E-state index in [4.69, 9.17) is 4.74 Å². The Morgan fingerprint density at radius 2 is 2.20 bits per heavy atom. The first-order valence-electron chi connectivity index (χ1n) is 5.18. The number of aromatic nitrogens is 2. The second kappa shape index (κ2) is 3.61. The summed E-state index contributed by atoms with van der Waals surface area (Å²) in [5, 5.41) is 8.19. The maximum Gasteiger partial charge on any atom is 0.340 e. The van der Waals surface area contributed by atoms with E-state index < -0.39 is 0 Å². The van der Waals surface area contributed by atoms with Crippen molar-refractivity contribution in [2.24, 2.45) is 0 Å². The van der Waals surface area contributed by atoms with E-state index in [1.165, 1.54) is 0 Å². The molecular formula is C11H14N2O2. The molecule has 0 fully saturated rings. The number of nitrogens with zero attached hydrogens (tertiary/aromatic N) is 2. The van der Waals surface area contributed by atoms with Crippen molar-refractivity contribution in [3.8, 4) is 0 Å². The zero-order valence-corrected chi connectivity index (χ0v) is 9.20. The maximum absolute atomic E-state index is 11.6. The number of aryl methyl sites for hydroxylation is 1. The smallest absolute Gasteiger partial charge is 0.340 e. The Bertz CT molecular complexity index is 415. The highest BCUT2D eigenvalue weighted by molar-refractivity contribution is 5.94. The number of carbonyl (C=O) groups excluding carboxylic acids is 1. The summed E-state index contributed by atoms with van der Waals surface area (Å²) in [5.41, 5.74) is 3.13. The number of hydrogen-bond donors (Lipinski definition) is 0. The SMILES string of the molecule is CCC(C)c1nnc(C)c2c1C(=O)OC2. The van der Waals surface area contributed by atoms with Gasteiger partial charge in [0.15, 0.2) is 0 Å². The lowest BCUT2D eigenvalue weighted by Gasteiger charge is -2.10. The molecule has 1 unspecified atom stereocenters. The molecule has 0 amide bonds. The number of esters is 1. The van der Waals surface area contributed by atoms with Gasteiger partial charge >= 0.3 is 5.97 Å². The zero-order valence-electron chi connectivity index (χ0n) is 9.20. The van der Waals surface area contributed by atoms with Crippen LogP contribution >= 0.6 is 0 Å². The lowest BCUT2D eigenvalue weighted by molar-refractivity contribution is 0.0533. The van der Waals surface area contributed by atoms with Crippen LogP contribution in [0.25, 0.3) is 0 Å². The molecule has 2 heterocycles. The van der Waals surface area contributed by atoms with E-state index in [1.807, 2.05) is 13.8 Å². The standard InChI is InChI=1S/C11H14N2O2/c1-4-6(2)10-9-8(5-15-11(9)14)7(3)12-13-10/h6H,4-5H2,1-3H3. The van der Waals surface area contributed by atoms with Crippen LogP contribution in [-0.4, -0.2) is 16.2 Å². The Kier molecular flexibility index (Phi) is 2.42. The molecule has 4 heteroatoms. The van der Waals surface area contributed by atoms with Crippen LogP contribution in [-0.2, 0) is 11.3 Å². The van der Waals surface area contributed by atoms with Crippen molar-refractivity contribution in [3.05, 3.63) is 22.5 Å². The molecule has 1 aromatic heterocycles. The summed E-state index contributed by atoms with van der Waals surface area (Å²) in [4.78, 5) is 11.6. The quantitative estimate of drug-likeness (QED) is 0.694. The molecular weight excluding hydrogens is 192 g/mol. The predicted molar refractivity (Wildman–Crippen MR) is 54.6 cm³/mol. The van der Waals surface area contributed by atoms with Gasteiger partial charge in [-0.2, -0.15) is 10.2 Å². The largest absolute Gasteiger partial charge is 0.457 e. The van der Waals surface area contributed by atoms with E-state index in [9.17, 15) is 4.79 Å². The van der Waals surface area contributed by atoms with Crippen LogP contribution in [0.1, 0.15) is 53.5 Å². The molecule has 0 radical (unpaired) electrons. The summed E-state index contributed by atoms with van der Waals surface area (Å²) in [7, 11) is 0. The average molecular weight is 206 g/mol. The van der Waals surface area contributed by atoms with Crippen molar-refractivity contribution in [2.45, 2.75) is 39.7 Å². The zero-order chi connectivity index (χ0) is 11.0. The Hall–Kier alpha value is -1.45. The molecule has 1 aliphatic rings. The lowest BCUT2D eigenvalue weighted by Crippen LogP contribution is -2.09. The summed E-state index contributed by atoms with van der Waals surface area (Å²) in [5.74, 6) is -0.00389. The molecule has 0 aromatic carbocycles. The van der Waals surface area contributed by atoms with E-state index >= 15 is 0 Å². The van der Waals surface area contributed by atoms with Gasteiger partial charge in [-0.1, -0.05) is 13.8 Å². The van der Waals surface area contributed by atoms with Crippen LogP contribution in [0.3, 0.4) is 0 Å². The Morgan fingerprint density at radius 1 is 1.47 bits per heavy atom. The highest BCUT2D eigenvalue weighted by atomic mass is 16.5. The number of fused-ring (bicyclic) bond motifs is 1. The first-order valence-corrected chi connectivity index (χ1v) is 5.18.